The second-order valence-electron chi connectivity index (χ2n) is 6.18. The monoisotopic (exact) mass is 371 g/mol. The van der Waals surface area contributed by atoms with Crippen molar-refractivity contribution in [2.24, 2.45) is 0 Å². The molecule has 1 amide bonds. The summed E-state index contributed by atoms with van der Waals surface area (Å²) < 4.78 is 6.86. The van der Waals surface area contributed by atoms with Crippen LogP contribution in [0.1, 0.15) is 38.0 Å². The van der Waals surface area contributed by atoms with Crippen LogP contribution in [0.2, 0.25) is 0 Å². The number of amides is 1. The molecule has 26 heavy (non-hydrogen) atoms. The predicted molar refractivity (Wildman–Crippen MR) is 99.1 cm³/mol. The van der Waals surface area contributed by atoms with Crippen LogP contribution in [-0.2, 0) is 11.3 Å². The molecule has 0 radical (unpaired) electrons. The zero-order valence-electron chi connectivity index (χ0n) is 14.9. The fourth-order valence-corrected chi connectivity index (χ4v) is 3.19. The fraction of sp³-hybridized carbons (Fsp3) is 0.333. The first-order valence-electron chi connectivity index (χ1n) is 8.40. The summed E-state index contributed by atoms with van der Waals surface area (Å²) in [5.41, 5.74) is 2.12. The van der Waals surface area contributed by atoms with Crippen molar-refractivity contribution in [2.45, 2.75) is 43.6 Å². The molecule has 0 fully saturated rings. The number of carbonyl (C=O) groups is 1. The Labute approximate surface area is 156 Å². The molecule has 0 saturated heterocycles. The summed E-state index contributed by atoms with van der Waals surface area (Å²) >= 11 is 1.31. The zero-order valence-corrected chi connectivity index (χ0v) is 15.7. The van der Waals surface area contributed by atoms with Gasteiger partial charge in [0.15, 0.2) is 0 Å². The van der Waals surface area contributed by atoms with E-state index in [-0.39, 0.29) is 11.2 Å². The highest BCUT2D eigenvalue weighted by atomic mass is 32.2. The lowest BCUT2D eigenvalue weighted by molar-refractivity contribution is -0.120. The largest absolute Gasteiger partial charge is 0.467 e. The van der Waals surface area contributed by atoms with Gasteiger partial charge in [-0.15, -0.1) is 5.10 Å². The van der Waals surface area contributed by atoms with Crippen LogP contribution in [0.4, 0.5) is 0 Å². The average molecular weight is 371 g/mol. The van der Waals surface area contributed by atoms with Gasteiger partial charge in [-0.1, -0.05) is 37.7 Å². The summed E-state index contributed by atoms with van der Waals surface area (Å²) in [5, 5.41) is 14.9. The standard InChI is InChI=1S/C18H21N5O2S/c1-12(2)14-6-8-15(9-7-14)23-18(20-21-22-23)26-13(3)17(24)19-11-16-5-4-10-25-16/h4-10,12-13H,11H2,1-3H3,(H,19,24)/t13-/m1/s1. The van der Waals surface area contributed by atoms with Crippen LogP contribution < -0.4 is 5.32 Å². The summed E-state index contributed by atoms with van der Waals surface area (Å²) in [7, 11) is 0. The van der Waals surface area contributed by atoms with E-state index in [4.69, 9.17) is 4.42 Å². The van der Waals surface area contributed by atoms with Crippen LogP contribution in [0, 0.1) is 0 Å². The molecule has 1 N–H and O–H groups in total. The first-order chi connectivity index (χ1) is 12.5. The smallest absolute Gasteiger partial charge is 0.233 e. The van der Waals surface area contributed by atoms with E-state index < -0.39 is 0 Å². The van der Waals surface area contributed by atoms with Crippen molar-refractivity contribution in [1.82, 2.24) is 25.5 Å². The molecule has 2 aromatic heterocycles. The summed E-state index contributed by atoms with van der Waals surface area (Å²) in [4.78, 5) is 12.3. The number of tetrazole rings is 1. The minimum absolute atomic E-state index is 0.101. The van der Waals surface area contributed by atoms with Crippen molar-refractivity contribution < 1.29 is 9.21 Å². The Kier molecular flexibility index (Phi) is 5.72. The first kappa shape index (κ1) is 18.2. The number of rotatable bonds is 7. The number of carbonyl (C=O) groups excluding carboxylic acids is 1. The summed E-state index contributed by atoms with van der Waals surface area (Å²) in [6.07, 6.45) is 1.58. The molecule has 0 spiro atoms. The van der Waals surface area contributed by atoms with Gasteiger partial charge >= 0.3 is 0 Å². The van der Waals surface area contributed by atoms with Crippen LogP contribution in [0.15, 0.2) is 52.2 Å². The van der Waals surface area contributed by atoms with Crippen LogP contribution in [-0.4, -0.2) is 31.4 Å². The van der Waals surface area contributed by atoms with Crippen molar-refractivity contribution in [3.05, 3.63) is 54.0 Å². The van der Waals surface area contributed by atoms with Gasteiger partial charge in [0.25, 0.3) is 0 Å². The number of aromatic nitrogens is 4. The minimum atomic E-state index is -0.343. The molecule has 3 aromatic rings. The maximum Gasteiger partial charge on any atom is 0.233 e. The lowest BCUT2D eigenvalue weighted by atomic mass is 10.0. The van der Waals surface area contributed by atoms with Crippen molar-refractivity contribution in [3.8, 4) is 5.69 Å². The molecule has 1 aromatic carbocycles. The number of furan rings is 1. The Morgan fingerprint density at radius 1 is 1.23 bits per heavy atom. The number of nitrogens with one attached hydrogen (secondary N) is 1. The summed E-state index contributed by atoms with van der Waals surface area (Å²) in [6, 6.07) is 11.7. The molecule has 0 aliphatic rings. The third-order valence-corrected chi connectivity index (χ3v) is 4.95. The van der Waals surface area contributed by atoms with Crippen molar-refractivity contribution in [2.75, 3.05) is 0 Å². The Balaban J connectivity index is 1.65. The molecule has 7 nitrogen and oxygen atoms in total. The Morgan fingerprint density at radius 3 is 2.65 bits per heavy atom. The fourth-order valence-electron chi connectivity index (χ4n) is 2.36. The molecule has 0 unspecified atom stereocenters. The van der Waals surface area contributed by atoms with Crippen molar-refractivity contribution >= 4 is 17.7 Å². The van der Waals surface area contributed by atoms with Crippen LogP contribution in [0.25, 0.3) is 5.69 Å². The number of benzene rings is 1. The van der Waals surface area contributed by atoms with Gasteiger partial charge in [-0.25, -0.2) is 0 Å². The van der Waals surface area contributed by atoms with Gasteiger partial charge in [-0.3, -0.25) is 4.79 Å². The van der Waals surface area contributed by atoms with Gasteiger partial charge in [0, 0.05) is 0 Å². The Hall–Kier alpha value is -2.61. The van der Waals surface area contributed by atoms with Crippen molar-refractivity contribution in [1.29, 1.82) is 0 Å². The summed E-state index contributed by atoms with van der Waals surface area (Å²) in [5.74, 6) is 1.08. The van der Waals surface area contributed by atoms with Crippen molar-refractivity contribution in [3.63, 3.8) is 0 Å². The van der Waals surface area contributed by atoms with E-state index >= 15 is 0 Å². The number of hydrogen-bond donors (Lipinski definition) is 1. The predicted octanol–water partition coefficient (Wildman–Crippen LogP) is 3.18. The van der Waals surface area contributed by atoms with E-state index in [2.05, 4.69) is 46.8 Å². The highest BCUT2D eigenvalue weighted by Gasteiger charge is 2.19. The molecule has 136 valence electrons. The number of hydrogen-bond acceptors (Lipinski definition) is 6. The maximum absolute atomic E-state index is 12.3. The SMILES string of the molecule is CC(C)c1ccc(-n2nnnc2S[C@H](C)C(=O)NCc2ccco2)cc1. The van der Waals surface area contributed by atoms with E-state index in [1.807, 2.05) is 25.1 Å². The topological polar surface area (TPSA) is 85.8 Å². The summed E-state index contributed by atoms with van der Waals surface area (Å²) in [6.45, 7) is 6.48. The Morgan fingerprint density at radius 2 is 2.00 bits per heavy atom. The minimum Gasteiger partial charge on any atom is -0.467 e. The first-order valence-corrected chi connectivity index (χ1v) is 9.28. The quantitative estimate of drug-likeness (QED) is 0.642. The Bertz CT molecular complexity index is 843. The van der Waals surface area contributed by atoms with E-state index in [9.17, 15) is 4.79 Å². The molecule has 8 heteroatoms. The molecule has 3 rings (SSSR count). The van der Waals surface area contributed by atoms with E-state index in [0.29, 0.717) is 23.4 Å². The number of nitrogens with zero attached hydrogens (tertiary/aromatic N) is 4. The zero-order chi connectivity index (χ0) is 18.5. The highest BCUT2D eigenvalue weighted by Crippen LogP contribution is 2.24. The van der Waals surface area contributed by atoms with E-state index in [1.54, 1.807) is 17.0 Å². The second kappa shape index (κ2) is 8.18. The van der Waals surface area contributed by atoms with Crippen LogP contribution in [0.5, 0.6) is 0 Å². The molecular weight excluding hydrogens is 350 g/mol. The van der Waals surface area contributed by atoms with E-state index in [0.717, 1.165) is 5.69 Å². The molecule has 2 heterocycles. The molecule has 0 saturated carbocycles. The number of thioether (sulfide) groups is 1. The van der Waals surface area contributed by atoms with Gasteiger partial charge in [-0.05, 0) is 53.1 Å². The van der Waals surface area contributed by atoms with Gasteiger partial charge < -0.3 is 9.73 Å². The van der Waals surface area contributed by atoms with Gasteiger partial charge in [-0.2, -0.15) is 4.68 Å². The molecular formula is C18H21N5O2S. The molecule has 1 atom stereocenters. The third kappa shape index (κ3) is 4.32. The van der Waals surface area contributed by atoms with Crippen LogP contribution in [0.3, 0.4) is 0 Å². The highest BCUT2D eigenvalue weighted by molar-refractivity contribution is 8.00. The third-order valence-electron chi connectivity index (χ3n) is 3.91. The molecule has 0 aliphatic heterocycles. The maximum atomic E-state index is 12.3. The van der Waals surface area contributed by atoms with Gasteiger partial charge in [0.1, 0.15) is 5.76 Å². The van der Waals surface area contributed by atoms with Crippen LogP contribution >= 0.6 is 11.8 Å². The molecule has 0 aliphatic carbocycles. The second-order valence-corrected chi connectivity index (χ2v) is 7.48. The van der Waals surface area contributed by atoms with Gasteiger partial charge in [0.05, 0.1) is 23.7 Å². The lowest BCUT2D eigenvalue weighted by Crippen LogP contribution is -2.30. The lowest BCUT2D eigenvalue weighted by Gasteiger charge is -2.11. The normalized spacial score (nSPS) is 12.3. The van der Waals surface area contributed by atoms with Gasteiger partial charge in [0.2, 0.25) is 11.1 Å². The van der Waals surface area contributed by atoms with E-state index in [1.165, 1.54) is 17.3 Å². The molecule has 0 bridgehead atoms. The average Bonchev–Trinajstić information content (AvgIpc) is 3.31.